The molecule has 37 heavy (non-hydrogen) atoms. The van der Waals surface area contributed by atoms with Gasteiger partial charge in [-0.2, -0.15) is 0 Å². The molecule has 3 aromatic carbocycles. The van der Waals surface area contributed by atoms with Gasteiger partial charge in [-0.05, 0) is 82.0 Å². The van der Waals surface area contributed by atoms with Crippen LogP contribution in [-0.2, 0) is 0 Å². The molecule has 6 rings (SSSR count). The predicted molar refractivity (Wildman–Crippen MR) is 156 cm³/mol. The number of allylic oxidation sites excluding steroid dienone is 2. The molecule has 0 unspecified atom stereocenters. The Balaban J connectivity index is 1.74. The van der Waals surface area contributed by atoms with E-state index >= 15 is 0 Å². The Hall–Kier alpha value is -3.59. The van der Waals surface area contributed by atoms with E-state index in [4.69, 9.17) is 4.74 Å². The van der Waals surface area contributed by atoms with Gasteiger partial charge in [0.25, 0.3) is 0 Å². The average molecular weight is 490 g/mol. The van der Waals surface area contributed by atoms with Crippen LogP contribution < -0.4 is 25.2 Å². The van der Waals surface area contributed by atoms with Gasteiger partial charge >= 0.3 is 0 Å². The zero-order valence-corrected chi connectivity index (χ0v) is 23.3. The number of anilines is 1. The van der Waals surface area contributed by atoms with Gasteiger partial charge < -0.3 is 10.1 Å². The van der Waals surface area contributed by atoms with Crippen LogP contribution in [-0.4, -0.2) is 17.6 Å². The molecule has 0 bridgehead atoms. The molecule has 0 saturated carbocycles. The lowest BCUT2D eigenvalue weighted by molar-refractivity contribution is 0.399. The summed E-state index contributed by atoms with van der Waals surface area (Å²) in [5, 5.41) is 6.12. The molecular formula is C34H37N2O+. The van der Waals surface area contributed by atoms with Gasteiger partial charge in [0.1, 0.15) is 18.0 Å². The Morgan fingerprint density at radius 3 is 2.24 bits per heavy atom. The lowest BCUT2D eigenvalue weighted by Crippen LogP contribution is -2.49. The minimum Gasteiger partial charge on any atom is -0.456 e. The summed E-state index contributed by atoms with van der Waals surface area (Å²) in [4.78, 5) is 0. The molecule has 3 nitrogen and oxygen atoms in total. The molecule has 0 radical (unpaired) electrons. The highest BCUT2D eigenvalue weighted by atomic mass is 16.5. The summed E-state index contributed by atoms with van der Waals surface area (Å²) in [6.45, 7) is 18.8. The summed E-state index contributed by atoms with van der Waals surface area (Å²) in [6, 6.07) is 17.9. The number of fused-ring (bicyclic) bond motifs is 4. The molecule has 0 spiro atoms. The van der Waals surface area contributed by atoms with Gasteiger partial charge in [-0.1, -0.05) is 30.3 Å². The summed E-state index contributed by atoms with van der Waals surface area (Å²) < 4.78 is 9.25. The van der Waals surface area contributed by atoms with E-state index in [-0.39, 0.29) is 11.1 Å². The zero-order valence-electron chi connectivity index (χ0n) is 23.3. The second-order valence-corrected chi connectivity index (χ2v) is 12.0. The van der Waals surface area contributed by atoms with Crippen LogP contribution in [0.1, 0.15) is 76.3 Å². The number of hydrogen-bond donors (Lipinski definition) is 1. The third-order valence-electron chi connectivity index (χ3n) is 8.15. The van der Waals surface area contributed by atoms with Crippen LogP contribution in [0.25, 0.3) is 16.7 Å². The third-order valence-corrected chi connectivity index (χ3v) is 8.15. The minimum atomic E-state index is -0.101. The molecule has 0 saturated heterocycles. The van der Waals surface area contributed by atoms with Crippen LogP contribution in [0, 0.1) is 6.92 Å². The van der Waals surface area contributed by atoms with Crippen molar-refractivity contribution in [1.29, 1.82) is 0 Å². The van der Waals surface area contributed by atoms with Gasteiger partial charge in [0.05, 0.1) is 11.6 Å². The third kappa shape index (κ3) is 3.67. The van der Waals surface area contributed by atoms with Crippen LogP contribution in [0.5, 0.6) is 11.5 Å². The van der Waals surface area contributed by atoms with E-state index in [1.807, 2.05) is 0 Å². The topological polar surface area (TPSA) is 24.3 Å². The normalized spacial score (nSPS) is 18.4. The van der Waals surface area contributed by atoms with Crippen LogP contribution in [0.3, 0.4) is 0 Å². The van der Waals surface area contributed by atoms with Crippen molar-refractivity contribution in [3.63, 3.8) is 0 Å². The first kappa shape index (κ1) is 23.8. The molecule has 3 aliphatic rings. The van der Waals surface area contributed by atoms with E-state index in [9.17, 15) is 0 Å². The summed E-state index contributed by atoms with van der Waals surface area (Å²) in [7, 11) is 0. The van der Waals surface area contributed by atoms with E-state index < -0.39 is 0 Å². The number of benzene rings is 3. The molecule has 0 aliphatic carbocycles. The maximum Gasteiger partial charge on any atom is 0.211 e. The van der Waals surface area contributed by atoms with Crippen LogP contribution in [0.15, 0.2) is 60.7 Å². The van der Waals surface area contributed by atoms with Gasteiger partial charge in [-0.25, -0.2) is 4.58 Å². The first-order valence-corrected chi connectivity index (χ1v) is 13.4. The number of nitrogens with one attached hydrogen (secondary N) is 1. The standard InChI is InChI=1S/C34H36N2O/c1-9-36-29-17-31-27(15-25(29)22(4)19-34(36,7)8)32(23-13-11-10-12-20(23)2)26-14-24-21(3)18-33(5,6)35-28(24)16-30(26)37-31/h10-19H,9H2,1-8H3/p+1. The van der Waals surface area contributed by atoms with Crippen LogP contribution in [0.4, 0.5) is 5.69 Å². The first-order valence-electron chi connectivity index (χ1n) is 13.4. The zero-order chi connectivity index (χ0) is 26.3. The Morgan fingerprint density at radius 2 is 1.51 bits per heavy atom. The number of hydrogen-bond acceptors (Lipinski definition) is 2. The largest absolute Gasteiger partial charge is 0.456 e. The molecule has 3 aliphatic heterocycles. The Kier molecular flexibility index (Phi) is 5.11. The highest BCUT2D eigenvalue weighted by molar-refractivity contribution is 5.92. The molecular weight excluding hydrogens is 452 g/mol. The predicted octanol–water partition coefficient (Wildman–Crippen LogP) is 6.66. The fourth-order valence-corrected chi connectivity index (χ4v) is 6.66. The molecule has 3 aromatic rings. The lowest BCUT2D eigenvalue weighted by Gasteiger charge is -2.33. The van der Waals surface area contributed by atoms with Crippen LogP contribution in [0.2, 0.25) is 0 Å². The summed E-state index contributed by atoms with van der Waals surface area (Å²) in [5.74, 6) is 1.84. The highest BCUT2D eigenvalue weighted by Crippen LogP contribution is 2.44. The molecule has 0 aromatic heterocycles. The number of rotatable bonds is 2. The fourth-order valence-electron chi connectivity index (χ4n) is 6.66. The first-order chi connectivity index (χ1) is 17.5. The van der Waals surface area contributed by atoms with Gasteiger partial charge in [0, 0.05) is 53.1 Å². The van der Waals surface area contributed by atoms with Crippen molar-refractivity contribution in [2.24, 2.45) is 0 Å². The van der Waals surface area contributed by atoms with E-state index in [2.05, 4.69) is 126 Å². The van der Waals surface area contributed by atoms with E-state index in [1.165, 1.54) is 44.3 Å². The SMILES string of the molecule is CC[N+]1=c2cc3c(cc2C(C)=CC1(C)C)=C(c1ccccc1C)c1cc2c(cc1O3)NC(C)(C)C=C2C. The van der Waals surface area contributed by atoms with E-state index in [0.29, 0.717) is 0 Å². The number of nitrogens with zero attached hydrogens (tertiary/aromatic N) is 1. The van der Waals surface area contributed by atoms with Crippen molar-refractivity contribution < 1.29 is 4.74 Å². The van der Waals surface area contributed by atoms with Gasteiger partial charge in [-0.3, -0.25) is 0 Å². The quantitative estimate of drug-likeness (QED) is 0.318. The molecule has 3 heterocycles. The fraction of sp³-hybridized carbons (Fsp3) is 0.324. The molecule has 1 N–H and O–H groups in total. The molecule has 3 heteroatoms. The van der Waals surface area contributed by atoms with Crippen LogP contribution >= 0.6 is 0 Å². The van der Waals surface area contributed by atoms with Gasteiger partial charge in [0.15, 0.2) is 5.54 Å². The van der Waals surface area contributed by atoms with Crippen molar-refractivity contribution in [2.45, 2.75) is 66.5 Å². The molecule has 188 valence electrons. The summed E-state index contributed by atoms with van der Waals surface area (Å²) in [5.41, 5.74) is 11.0. The van der Waals surface area contributed by atoms with E-state index in [1.54, 1.807) is 0 Å². The number of likely N-dealkylation sites (N-methyl/N-ethyl adjacent to an activating group) is 1. The number of aryl methyl sites for hydroxylation is 1. The Morgan fingerprint density at radius 1 is 0.784 bits per heavy atom. The Labute approximate surface area is 220 Å². The summed E-state index contributed by atoms with van der Waals surface area (Å²) >= 11 is 0. The smallest absolute Gasteiger partial charge is 0.211 e. The van der Waals surface area contributed by atoms with Gasteiger partial charge in [-0.15, -0.1) is 0 Å². The number of ether oxygens (including phenoxy) is 1. The summed E-state index contributed by atoms with van der Waals surface area (Å²) in [6.07, 6.45) is 4.71. The second kappa shape index (κ2) is 7.95. The van der Waals surface area contributed by atoms with E-state index in [0.717, 1.165) is 34.5 Å². The lowest BCUT2D eigenvalue weighted by atomic mass is 9.84. The monoisotopic (exact) mass is 489 g/mol. The van der Waals surface area contributed by atoms with Crippen molar-refractivity contribution >= 4 is 22.4 Å². The second-order valence-electron chi connectivity index (χ2n) is 12.0. The van der Waals surface area contributed by atoms with Crippen molar-refractivity contribution in [3.05, 3.63) is 99.1 Å². The van der Waals surface area contributed by atoms with Gasteiger partial charge in [0.2, 0.25) is 5.36 Å². The van der Waals surface area contributed by atoms with Crippen molar-refractivity contribution in [1.82, 2.24) is 4.58 Å². The highest BCUT2D eigenvalue weighted by Gasteiger charge is 2.34. The maximum absolute atomic E-state index is 6.77. The molecule has 0 atom stereocenters. The minimum absolute atomic E-state index is 0.0480. The van der Waals surface area contributed by atoms with Crippen molar-refractivity contribution in [3.8, 4) is 11.5 Å². The molecule has 0 amide bonds. The molecule has 0 fully saturated rings. The van der Waals surface area contributed by atoms with Crippen molar-refractivity contribution in [2.75, 3.05) is 11.9 Å². The average Bonchev–Trinajstić information content (AvgIpc) is 2.80. The Bertz CT molecular complexity index is 1680. The maximum atomic E-state index is 6.77.